The summed E-state index contributed by atoms with van der Waals surface area (Å²) >= 11 is 0. The highest BCUT2D eigenvalue weighted by atomic mass is 15.2. The number of anilines is 2. The molecule has 4 nitrogen and oxygen atoms in total. The number of hydrogen-bond donors (Lipinski definition) is 2. The number of rotatable bonds is 4. The Hall–Kier alpha value is -2.10. The molecule has 0 spiro atoms. The van der Waals surface area contributed by atoms with E-state index in [2.05, 4.69) is 72.6 Å². The fourth-order valence-corrected chi connectivity index (χ4v) is 2.10. The molecule has 0 aliphatic heterocycles. The van der Waals surface area contributed by atoms with Gasteiger partial charge in [-0.15, -0.1) is 0 Å². The van der Waals surface area contributed by atoms with Gasteiger partial charge in [0.25, 0.3) is 0 Å². The van der Waals surface area contributed by atoms with E-state index in [1.54, 1.807) is 0 Å². The van der Waals surface area contributed by atoms with Crippen LogP contribution in [-0.2, 0) is 6.54 Å². The number of aromatic nitrogens is 2. The molecule has 2 aromatic rings. The standard InChI is InChI=1S/C17H24N4/c1-12-7-6-8-14(9-12)11-18-16-19-13(2)10-15(20-16)21-17(3,4)5/h6-10H,11H2,1-5H3,(H2,18,19,20,21). The molecule has 1 aromatic carbocycles. The Morgan fingerprint density at radius 1 is 1.05 bits per heavy atom. The van der Waals surface area contributed by atoms with Crippen LogP contribution in [0.25, 0.3) is 0 Å². The molecule has 0 saturated heterocycles. The van der Waals surface area contributed by atoms with E-state index < -0.39 is 0 Å². The Balaban J connectivity index is 2.09. The number of benzene rings is 1. The lowest BCUT2D eigenvalue weighted by Crippen LogP contribution is -2.27. The van der Waals surface area contributed by atoms with Crippen molar-refractivity contribution in [2.45, 2.75) is 46.7 Å². The van der Waals surface area contributed by atoms with Gasteiger partial charge in [-0.3, -0.25) is 0 Å². The van der Waals surface area contributed by atoms with Gasteiger partial charge in [-0.1, -0.05) is 29.8 Å². The molecule has 0 radical (unpaired) electrons. The van der Waals surface area contributed by atoms with E-state index in [9.17, 15) is 0 Å². The zero-order chi connectivity index (χ0) is 15.5. The summed E-state index contributed by atoms with van der Waals surface area (Å²) < 4.78 is 0. The van der Waals surface area contributed by atoms with E-state index >= 15 is 0 Å². The molecule has 0 unspecified atom stereocenters. The lowest BCUT2D eigenvalue weighted by Gasteiger charge is -2.21. The van der Waals surface area contributed by atoms with Gasteiger partial charge in [-0.05, 0) is 40.2 Å². The predicted molar refractivity (Wildman–Crippen MR) is 88.7 cm³/mol. The van der Waals surface area contributed by atoms with Crippen molar-refractivity contribution in [1.82, 2.24) is 9.97 Å². The summed E-state index contributed by atoms with van der Waals surface area (Å²) in [5.41, 5.74) is 3.41. The number of aryl methyl sites for hydroxylation is 2. The van der Waals surface area contributed by atoms with Crippen molar-refractivity contribution in [2.24, 2.45) is 0 Å². The molecule has 1 heterocycles. The normalized spacial score (nSPS) is 11.3. The average molecular weight is 284 g/mol. The van der Waals surface area contributed by atoms with Crippen LogP contribution < -0.4 is 10.6 Å². The van der Waals surface area contributed by atoms with Gasteiger partial charge >= 0.3 is 0 Å². The number of nitrogens with zero attached hydrogens (tertiary/aromatic N) is 2. The van der Waals surface area contributed by atoms with E-state index in [0.717, 1.165) is 18.1 Å². The monoisotopic (exact) mass is 284 g/mol. The Labute approximate surface area is 127 Å². The molecule has 2 N–H and O–H groups in total. The van der Waals surface area contributed by atoms with Crippen LogP contribution in [0.15, 0.2) is 30.3 Å². The third-order valence-electron chi connectivity index (χ3n) is 2.89. The molecule has 0 aliphatic rings. The summed E-state index contributed by atoms with van der Waals surface area (Å²) in [6, 6.07) is 10.4. The molecule has 21 heavy (non-hydrogen) atoms. The third-order valence-corrected chi connectivity index (χ3v) is 2.89. The third kappa shape index (κ3) is 5.06. The van der Waals surface area contributed by atoms with Gasteiger partial charge < -0.3 is 10.6 Å². The largest absolute Gasteiger partial charge is 0.365 e. The minimum absolute atomic E-state index is 0.0192. The molecule has 0 saturated carbocycles. The van der Waals surface area contributed by atoms with E-state index in [4.69, 9.17) is 0 Å². The zero-order valence-electron chi connectivity index (χ0n) is 13.5. The molecule has 1 aromatic heterocycles. The van der Waals surface area contributed by atoms with Crippen LogP contribution in [0.5, 0.6) is 0 Å². The fourth-order valence-electron chi connectivity index (χ4n) is 2.10. The van der Waals surface area contributed by atoms with Gasteiger partial charge in [-0.25, -0.2) is 4.98 Å². The summed E-state index contributed by atoms with van der Waals surface area (Å²) in [7, 11) is 0. The van der Waals surface area contributed by atoms with Gasteiger partial charge in [0, 0.05) is 23.8 Å². The van der Waals surface area contributed by atoms with Gasteiger partial charge in [0.15, 0.2) is 0 Å². The minimum atomic E-state index is -0.0192. The summed E-state index contributed by atoms with van der Waals surface area (Å²) in [4.78, 5) is 8.96. The van der Waals surface area contributed by atoms with Gasteiger partial charge in [0.05, 0.1) is 0 Å². The molecule has 2 rings (SSSR count). The molecule has 0 atom stereocenters. The highest BCUT2D eigenvalue weighted by Gasteiger charge is 2.11. The zero-order valence-corrected chi connectivity index (χ0v) is 13.5. The Morgan fingerprint density at radius 2 is 1.81 bits per heavy atom. The van der Waals surface area contributed by atoms with Crippen LogP contribution in [0.4, 0.5) is 11.8 Å². The van der Waals surface area contributed by atoms with Gasteiger partial charge in [0.2, 0.25) is 5.95 Å². The quantitative estimate of drug-likeness (QED) is 0.893. The Kier molecular flexibility index (Phi) is 4.46. The van der Waals surface area contributed by atoms with Crippen LogP contribution in [0.2, 0.25) is 0 Å². The van der Waals surface area contributed by atoms with Crippen LogP contribution >= 0.6 is 0 Å². The molecule has 112 valence electrons. The second kappa shape index (κ2) is 6.12. The van der Waals surface area contributed by atoms with Crippen molar-refractivity contribution >= 4 is 11.8 Å². The van der Waals surface area contributed by atoms with Crippen molar-refractivity contribution in [2.75, 3.05) is 10.6 Å². The van der Waals surface area contributed by atoms with E-state index in [1.807, 2.05) is 13.0 Å². The second-order valence-corrected chi connectivity index (χ2v) is 6.44. The highest BCUT2D eigenvalue weighted by molar-refractivity contribution is 5.44. The maximum absolute atomic E-state index is 4.52. The first kappa shape index (κ1) is 15.3. The van der Waals surface area contributed by atoms with E-state index in [0.29, 0.717) is 5.95 Å². The van der Waals surface area contributed by atoms with Gasteiger partial charge in [0.1, 0.15) is 5.82 Å². The highest BCUT2D eigenvalue weighted by Crippen LogP contribution is 2.15. The minimum Gasteiger partial charge on any atom is -0.365 e. The maximum Gasteiger partial charge on any atom is 0.225 e. The van der Waals surface area contributed by atoms with Crippen molar-refractivity contribution in [3.8, 4) is 0 Å². The summed E-state index contributed by atoms with van der Waals surface area (Å²) in [6.07, 6.45) is 0. The first-order valence-corrected chi connectivity index (χ1v) is 7.25. The molecule has 0 fully saturated rings. The second-order valence-electron chi connectivity index (χ2n) is 6.44. The van der Waals surface area contributed by atoms with Crippen LogP contribution in [0.3, 0.4) is 0 Å². The SMILES string of the molecule is Cc1cccc(CNc2nc(C)cc(NC(C)(C)C)n2)c1. The van der Waals surface area contributed by atoms with E-state index in [-0.39, 0.29) is 5.54 Å². The lowest BCUT2D eigenvalue weighted by molar-refractivity contribution is 0.630. The molecule has 0 amide bonds. The lowest BCUT2D eigenvalue weighted by atomic mass is 10.1. The van der Waals surface area contributed by atoms with Crippen molar-refractivity contribution in [3.05, 3.63) is 47.2 Å². The van der Waals surface area contributed by atoms with Gasteiger partial charge in [-0.2, -0.15) is 4.98 Å². The van der Waals surface area contributed by atoms with E-state index in [1.165, 1.54) is 11.1 Å². The number of hydrogen-bond acceptors (Lipinski definition) is 4. The number of nitrogens with one attached hydrogen (secondary N) is 2. The average Bonchev–Trinajstić information content (AvgIpc) is 2.33. The Bertz CT molecular complexity index is 614. The van der Waals surface area contributed by atoms with Crippen molar-refractivity contribution in [1.29, 1.82) is 0 Å². The molecule has 0 bridgehead atoms. The fraction of sp³-hybridized carbons (Fsp3) is 0.412. The summed E-state index contributed by atoms with van der Waals surface area (Å²) in [5, 5.41) is 6.67. The molecule has 4 heteroatoms. The summed E-state index contributed by atoms with van der Waals surface area (Å²) in [6.45, 7) is 11.1. The Morgan fingerprint density at radius 3 is 2.48 bits per heavy atom. The van der Waals surface area contributed by atoms with Crippen LogP contribution in [-0.4, -0.2) is 15.5 Å². The maximum atomic E-state index is 4.52. The smallest absolute Gasteiger partial charge is 0.225 e. The van der Waals surface area contributed by atoms with Crippen LogP contribution in [0, 0.1) is 13.8 Å². The predicted octanol–water partition coefficient (Wildman–Crippen LogP) is 3.92. The topological polar surface area (TPSA) is 49.8 Å². The molecular formula is C17H24N4. The first-order valence-electron chi connectivity index (χ1n) is 7.25. The molecular weight excluding hydrogens is 260 g/mol. The van der Waals surface area contributed by atoms with Crippen molar-refractivity contribution < 1.29 is 0 Å². The van der Waals surface area contributed by atoms with Crippen molar-refractivity contribution in [3.63, 3.8) is 0 Å². The van der Waals surface area contributed by atoms with Crippen LogP contribution in [0.1, 0.15) is 37.6 Å². The summed E-state index contributed by atoms with van der Waals surface area (Å²) in [5.74, 6) is 1.50. The molecule has 0 aliphatic carbocycles. The first-order chi connectivity index (χ1) is 9.82.